The summed E-state index contributed by atoms with van der Waals surface area (Å²) in [7, 11) is 0. The molecule has 0 bridgehead atoms. The molecule has 1 heterocycles. The number of likely N-dealkylation sites (tertiary alicyclic amines) is 1. The van der Waals surface area contributed by atoms with Crippen molar-refractivity contribution in [1.29, 1.82) is 0 Å². The van der Waals surface area contributed by atoms with Crippen LogP contribution in [0.5, 0.6) is 0 Å². The molecule has 1 fully saturated rings. The minimum atomic E-state index is 0.253. The summed E-state index contributed by atoms with van der Waals surface area (Å²) < 4.78 is 0. The molecular formula is C13H23N. The van der Waals surface area contributed by atoms with E-state index in [0.717, 1.165) is 0 Å². The molecule has 0 unspecified atom stereocenters. The van der Waals surface area contributed by atoms with Crippen LogP contribution in [-0.2, 0) is 0 Å². The number of hydrogen-bond acceptors (Lipinski definition) is 1. The van der Waals surface area contributed by atoms with Crippen LogP contribution in [0.15, 0.2) is 23.4 Å². The van der Waals surface area contributed by atoms with Gasteiger partial charge in [0, 0.05) is 17.8 Å². The van der Waals surface area contributed by atoms with Crippen molar-refractivity contribution in [3.8, 4) is 0 Å². The molecule has 0 aromatic heterocycles. The van der Waals surface area contributed by atoms with Gasteiger partial charge in [0.25, 0.3) is 0 Å². The van der Waals surface area contributed by atoms with Gasteiger partial charge in [0.05, 0.1) is 0 Å². The van der Waals surface area contributed by atoms with Crippen molar-refractivity contribution < 1.29 is 0 Å². The Morgan fingerprint density at radius 2 is 1.86 bits per heavy atom. The Bertz CT molecular complexity index is 265. The van der Waals surface area contributed by atoms with Gasteiger partial charge in [0.1, 0.15) is 0 Å². The molecule has 0 aromatic rings. The summed E-state index contributed by atoms with van der Waals surface area (Å²) in [5, 5.41) is 0. The van der Waals surface area contributed by atoms with E-state index < -0.39 is 0 Å². The Labute approximate surface area is 88.5 Å². The second-order valence-electron chi connectivity index (χ2n) is 5.28. The van der Waals surface area contributed by atoms with Crippen molar-refractivity contribution in [3.63, 3.8) is 0 Å². The van der Waals surface area contributed by atoms with Crippen LogP contribution < -0.4 is 0 Å². The van der Waals surface area contributed by atoms with Gasteiger partial charge < -0.3 is 4.90 Å². The zero-order valence-corrected chi connectivity index (χ0v) is 10.3. The van der Waals surface area contributed by atoms with Crippen molar-refractivity contribution in [1.82, 2.24) is 4.90 Å². The smallest absolute Gasteiger partial charge is 0.0315 e. The fourth-order valence-electron chi connectivity index (χ4n) is 2.05. The highest BCUT2D eigenvalue weighted by atomic mass is 15.2. The topological polar surface area (TPSA) is 3.24 Å². The molecule has 1 nitrogen and oxygen atoms in total. The average molecular weight is 193 g/mol. The van der Waals surface area contributed by atoms with E-state index in [1.54, 1.807) is 0 Å². The predicted octanol–water partition coefficient (Wildman–Crippen LogP) is 3.73. The number of hydrogen-bond donors (Lipinski definition) is 0. The van der Waals surface area contributed by atoms with Crippen LogP contribution >= 0.6 is 0 Å². The molecule has 1 aliphatic heterocycles. The van der Waals surface area contributed by atoms with Crippen LogP contribution in [0.2, 0.25) is 0 Å². The molecule has 1 saturated heterocycles. The molecule has 0 spiro atoms. The van der Waals surface area contributed by atoms with Gasteiger partial charge in [-0.2, -0.15) is 0 Å². The summed E-state index contributed by atoms with van der Waals surface area (Å²) in [4.78, 5) is 2.52. The van der Waals surface area contributed by atoms with Gasteiger partial charge in [-0.05, 0) is 53.0 Å². The quantitative estimate of drug-likeness (QED) is 0.613. The fraction of sp³-hybridized carbons (Fsp3) is 0.692. The molecule has 0 amide bonds. The summed E-state index contributed by atoms with van der Waals surface area (Å²) in [6.45, 7) is 16.4. The minimum absolute atomic E-state index is 0.253. The Hall–Kier alpha value is -0.720. The van der Waals surface area contributed by atoms with Crippen LogP contribution in [-0.4, -0.2) is 17.0 Å². The van der Waals surface area contributed by atoms with Gasteiger partial charge in [-0.3, -0.25) is 0 Å². The molecule has 0 atom stereocenters. The zero-order valence-electron chi connectivity index (χ0n) is 10.3. The van der Waals surface area contributed by atoms with Gasteiger partial charge in [0.15, 0.2) is 0 Å². The van der Waals surface area contributed by atoms with Crippen molar-refractivity contribution in [3.05, 3.63) is 23.4 Å². The lowest BCUT2D eigenvalue weighted by Gasteiger charge is -2.36. The molecule has 1 aliphatic rings. The van der Waals surface area contributed by atoms with Crippen LogP contribution in [0.1, 0.15) is 47.5 Å². The fourth-order valence-corrected chi connectivity index (χ4v) is 2.05. The maximum absolute atomic E-state index is 4.03. The highest BCUT2D eigenvalue weighted by Gasteiger charge is 2.28. The van der Waals surface area contributed by atoms with E-state index in [1.165, 1.54) is 36.2 Å². The number of allylic oxidation sites excluding steroid dienone is 3. The van der Waals surface area contributed by atoms with Gasteiger partial charge in [-0.25, -0.2) is 0 Å². The van der Waals surface area contributed by atoms with Gasteiger partial charge in [0.2, 0.25) is 0 Å². The lowest BCUT2D eigenvalue weighted by atomic mass is 10.0. The highest BCUT2D eigenvalue weighted by Crippen LogP contribution is 2.32. The first-order chi connectivity index (χ1) is 6.34. The Kier molecular flexibility index (Phi) is 3.08. The van der Waals surface area contributed by atoms with Gasteiger partial charge in [-0.1, -0.05) is 12.2 Å². The van der Waals surface area contributed by atoms with Crippen LogP contribution in [0.25, 0.3) is 0 Å². The summed E-state index contributed by atoms with van der Waals surface area (Å²) in [5.74, 6) is 0. The molecule has 80 valence electrons. The highest BCUT2D eigenvalue weighted by molar-refractivity contribution is 5.31. The molecular weight excluding hydrogens is 170 g/mol. The molecule has 0 aromatic carbocycles. The molecule has 0 radical (unpaired) electrons. The summed E-state index contributed by atoms with van der Waals surface area (Å²) in [6, 6.07) is 0. The van der Waals surface area contributed by atoms with E-state index in [0.29, 0.717) is 0 Å². The standard InChI is InChI=1S/C13H23N/c1-10(2)11(3)12-8-7-9-14(12)13(4,5)6/h1,7-9H2,2-6H3/b12-11-. The van der Waals surface area contributed by atoms with E-state index in [9.17, 15) is 0 Å². The maximum atomic E-state index is 4.03. The van der Waals surface area contributed by atoms with Gasteiger partial charge in [-0.15, -0.1) is 0 Å². The van der Waals surface area contributed by atoms with Crippen LogP contribution in [0.4, 0.5) is 0 Å². The van der Waals surface area contributed by atoms with E-state index in [-0.39, 0.29) is 5.54 Å². The van der Waals surface area contributed by atoms with E-state index in [1.807, 2.05) is 0 Å². The second-order valence-corrected chi connectivity index (χ2v) is 5.28. The minimum Gasteiger partial charge on any atom is -0.370 e. The van der Waals surface area contributed by atoms with E-state index in [2.05, 4.69) is 46.1 Å². The first kappa shape index (κ1) is 11.4. The first-order valence-electron chi connectivity index (χ1n) is 5.47. The second kappa shape index (κ2) is 3.80. The Morgan fingerprint density at radius 3 is 2.29 bits per heavy atom. The van der Waals surface area contributed by atoms with Crippen molar-refractivity contribution in [2.45, 2.75) is 53.0 Å². The first-order valence-corrected chi connectivity index (χ1v) is 5.47. The lowest BCUT2D eigenvalue weighted by Crippen LogP contribution is -2.38. The monoisotopic (exact) mass is 193 g/mol. The van der Waals surface area contributed by atoms with E-state index >= 15 is 0 Å². The third kappa shape index (κ3) is 2.20. The largest absolute Gasteiger partial charge is 0.370 e. The lowest BCUT2D eigenvalue weighted by molar-refractivity contribution is 0.211. The molecule has 14 heavy (non-hydrogen) atoms. The van der Waals surface area contributed by atoms with Crippen LogP contribution in [0, 0.1) is 0 Å². The molecule has 1 heteroatoms. The van der Waals surface area contributed by atoms with Crippen molar-refractivity contribution in [2.24, 2.45) is 0 Å². The normalized spacial score (nSPS) is 21.4. The van der Waals surface area contributed by atoms with Gasteiger partial charge >= 0.3 is 0 Å². The average Bonchev–Trinajstić information content (AvgIpc) is 2.48. The zero-order chi connectivity index (χ0) is 10.9. The summed E-state index contributed by atoms with van der Waals surface area (Å²) in [5.41, 5.74) is 4.35. The Balaban J connectivity index is 3.00. The Morgan fingerprint density at radius 1 is 1.29 bits per heavy atom. The molecule has 0 saturated carbocycles. The SMILES string of the molecule is C=C(C)/C(C)=C1/CCCN1C(C)(C)C. The van der Waals surface area contributed by atoms with Crippen molar-refractivity contribution >= 4 is 0 Å². The predicted molar refractivity (Wildman–Crippen MR) is 63.2 cm³/mol. The van der Waals surface area contributed by atoms with E-state index in [4.69, 9.17) is 0 Å². The molecule has 0 aliphatic carbocycles. The third-order valence-electron chi connectivity index (χ3n) is 3.00. The number of rotatable bonds is 1. The third-order valence-corrected chi connectivity index (χ3v) is 3.00. The summed E-state index contributed by atoms with van der Waals surface area (Å²) in [6.07, 6.45) is 2.51. The molecule has 1 rings (SSSR count). The number of nitrogens with zero attached hydrogens (tertiary/aromatic N) is 1. The maximum Gasteiger partial charge on any atom is 0.0315 e. The van der Waals surface area contributed by atoms with Crippen molar-refractivity contribution in [2.75, 3.05) is 6.54 Å². The summed E-state index contributed by atoms with van der Waals surface area (Å²) >= 11 is 0. The molecule has 0 N–H and O–H groups in total. The van der Waals surface area contributed by atoms with Crippen LogP contribution in [0.3, 0.4) is 0 Å².